The van der Waals surface area contributed by atoms with Crippen LogP contribution in [0.5, 0.6) is 0 Å². The molecule has 7 nitrogen and oxygen atoms in total. The van der Waals surface area contributed by atoms with Gasteiger partial charge < -0.3 is 21.3 Å². The number of hydrogen-bond acceptors (Lipinski definition) is 4. The lowest BCUT2D eigenvalue weighted by Crippen LogP contribution is -2.48. The van der Waals surface area contributed by atoms with Crippen LogP contribution in [-0.2, 0) is 14.4 Å². The average Bonchev–Trinajstić information content (AvgIpc) is 2.14. The lowest BCUT2D eigenvalue weighted by Gasteiger charge is -2.30. The number of hydrogen-bond donors (Lipinski definition) is 4. The zero-order valence-electron chi connectivity index (χ0n) is 9.19. The summed E-state index contributed by atoms with van der Waals surface area (Å²) < 4.78 is 0. The van der Waals surface area contributed by atoms with Gasteiger partial charge in [0.05, 0.1) is 6.42 Å². The molecule has 0 saturated carbocycles. The summed E-state index contributed by atoms with van der Waals surface area (Å²) in [5.74, 6) is -2.96. The summed E-state index contributed by atoms with van der Waals surface area (Å²) in [5, 5.41) is 19.8. The Morgan fingerprint density at radius 1 is 1.31 bits per heavy atom. The molecule has 0 aliphatic carbocycles. The largest absolute Gasteiger partial charge is 0.481 e. The Morgan fingerprint density at radius 3 is 2.12 bits per heavy atom. The third kappa shape index (κ3) is 3.85. The van der Waals surface area contributed by atoms with E-state index in [0.29, 0.717) is 0 Å². The van der Waals surface area contributed by atoms with E-state index in [-0.39, 0.29) is 6.42 Å². The second-order valence-corrected chi connectivity index (χ2v) is 3.89. The van der Waals surface area contributed by atoms with Gasteiger partial charge in [-0.3, -0.25) is 14.4 Å². The molecule has 0 bridgehead atoms. The van der Waals surface area contributed by atoms with E-state index >= 15 is 0 Å². The zero-order valence-corrected chi connectivity index (χ0v) is 9.19. The monoisotopic (exact) mass is 232 g/mol. The van der Waals surface area contributed by atoms with Gasteiger partial charge in [-0.25, -0.2) is 0 Å². The number of aliphatic carboxylic acids is 2. The van der Waals surface area contributed by atoms with Crippen LogP contribution in [0, 0.1) is 5.41 Å². The van der Waals surface area contributed by atoms with E-state index in [9.17, 15) is 14.4 Å². The Balaban J connectivity index is 4.94. The molecule has 0 heterocycles. The summed E-state index contributed by atoms with van der Waals surface area (Å²) in [6, 6.07) is -1.40. The van der Waals surface area contributed by atoms with Gasteiger partial charge in [-0.2, -0.15) is 0 Å². The van der Waals surface area contributed by atoms with Gasteiger partial charge in [-0.15, -0.1) is 0 Å². The van der Waals surface area contributed by atoms with Crippen LogP contribution in [0.4, 0.5) is 0 Å². The fourth-order valence-electron chi connectivity index (χ4n) is 1.38. The SMILES string of the molecule is CNC(=O)CC(C)(CC(=O)O)C(N)C(=O)O. The Kier molecular flexibility index (Phi) is 4.90. The summed E-state index contributed by atoms with van der Waals surface area (Å²) in [5.41, 5.74) is 4.10. The second kappa shape index (κ2) is 5.45. The van der Waals surface area contributed by atoms with Crippen LogP contribution in [0.25, 0.3) is 0 Å². The number of carbonyl (C=O) groups is 3. The summed E-state index contributed by atoms with van der Waals surface area (Å²) in [4.78, 5) is 32.6. The molecule has 0 saturated heterocycles. The molecule has 2 unspecified atom stereocenters. The standard InChI is InChI=1S/C9H16N2O5/c1-9(4-6(13)14,3-5(12)11-2)7(10)8(15)16/h7H,3-4,10H2,1-2H3,(H,11,12)(H,13,14)(H,15,16). The van der Waals surface area contributed by atoms with Gasteiger partial charge in [0.25, 0.3) is 0 Å². The van der Waals surface area contributed by atoms with Gasteiger partial charge in [0, 0.05) is 18.9 Å². The van der Waals surface area contributed by atoms with E-state index in [1.54, 1.807) is 0 Å². The Hall–Kier alpha value is -1.63. The molecule has 0 rings (SSSR count). The summed E-state index contributed by atoms with van der Waals surface area (Å²) in [7, 11) is 1.38. The first-order chi connectivity index (χ1) is 7.23. The summed E-state index contributed by atoms with van der Waals surface area (Å²) in [6.07, 6.45) is -0.725. The van der Waals surface area contributed by atoms with Crippen molar-refractivity contribution in [3.05, 3.63) is 0 Å². The lowest BCUT2D eigenvalue weighted by molar-refractivity contribution is -0.146. The Labute approximate surface area is 92.6 Å². The minimum Gasteiger partial charge on any atom is -0.481 e. The predicted molar refractivity (Wildman–Crippen MR) is 54.7 cm³/mol. The molecular weight excluding hydrogens is 216 g/mol. The maximum Gasteiger partial charge on any atom is 0.321 e. The maximum absolute atomic E-state index is 11.2. The third-order valence-corrected chi connectivity index (χ3v) is 2.42. The molecule has 0 aromatic carbocycles. The molecule has 16 heavy (non-hydrogen) atoms. The quantitative estimate of drug-likeness (QED) is 0.465. The fraction of sp³-hybridized carbons (Fsp3) is 0.667. The van der Waals surface area contributed by atoms with Gasteiger partial charge in [0.1, 0.15) is 6.04 Å². The van der Waals surface area contributed by atoms with Crippen LogP contribution < -0.4 is 11.1 Å². The van der Waals surface area contributed by atoms with E-state index in [1.165, 1.54) is 14.0 Å². The highest BCUT2D eigenvalue weighted by atomic mass is 16.4. The topological polar surface area (TPSA) is 130 Å². The average molecular weight is 232 g/mol. The molecule has 0 fully saturated rings. The number of nitrogens with one attached hydrogen (secondary N) is 1. The molecular formula is C9H16N2O5. The van der Waals surface area contributed by atoms with E-state index in [4.69, 9.17) is 15.9 Å². The molecule has 0 radical (unpaired) electrons. The van der Waals surface area contributed by atoms with Crippen LogP contribution in [0.1, 0.15) is 19.8 Å². The number of carboxylic acids is 2. The highest BCUT2D eigenvalue weighted by Crippen LogP contribution is 2.29. The van der Waals surface area contributed by atoms with Gasteiger partial charge in [0.15, 0.2) is 0 Å². The van der Waals surface area contributed by atoms with Crippen molar-refractivity contribution < 1.29 is 24.6 Å². The number of nitrogens with two attached hydrogens (primary N) is 1. The van der Waals surface area contributed by atoms with Gasteiger partial charge in [-0.05, 0) is 0 Å². The van der Waals surface area contributed by atoms with Crippen molar-refractivity contribution in [3.63, 3.8) is 0 Å². The third-order valence-electron chi connectivity index (χ3n) is 2.42. The highest BCUT2D eigenvalue weighted by Gasteiger charge is 2.40. The molecule has 0 aliphatic heterocycles. The Morgan fingerprint density at radius 2 is 1.81 bits per heavy atom. The fourth-order valence-corrected chi connectivity index (χ4v) is 1.38. The van der Waals surface area contributed by atoms with E-state index in [1.807, 2.05) is 0 Å². The van der Waals surface area contributed by atoms with Crippen LogP contribution in [0.15, 0.2) is 0 Å². The molecule has 0 aliphatic rings. The summed E-state index contributed by atoms with van der Waals surface area (Å²) >= 11 is 0. The van der Waals surface area contributed by atoms with Gasteiger partial charge in [0.2, 0.25) is 5.91 Å². The normalized spacial score (nSPS) is 15.9. The first kappa shape index (κ1) is 14.4. The summed E-state index contributed by atoms with van der Waals surface area (Å²) in [6.45, 7) is 1.37. The van der Waals surface area contributed by atoms with Crippen LogP contribution in [0.2, 0.25) is 0 Å². The van der Waals surface area contributed by atoms with E-state index in [0.717, 1.165) is 0 Å². The van der Waals surface area contributed by atoms with Crippen LogP contribution in [-0.4, -0.2) is 41.1 Å². The van der Waals surface area contributed by atoms with Crippen molar-refractivity contribution in [1.29, 1.82) is 0 Å². The smallest absolute Gasteiger partial charge is 0.321 e. The van der Waals surface area contributed by atoms with Crippen molar-refractivity contribution in [2.24, 2.45) is 11.1 Å². The van der Waals surface area contributed by atoms with Gasteiger partial charge in [-0.1, -0.05) is 6.92 Å². The predicted octanol–water partition coefficient (Wildman–Crippen LogP) is -0.985. The number of carboxylic acid groups (broad SMARTS) is 2. The van der Waals surface area contributed by atoms with Crippen molar-refractivity contribution >= 4 is 17.8 Å². The minimum atomic E-state index is -1.40. The molecule has 0 aromatic heterocycles. The van der Waals surface area contributed by atoms with Crippen molar-refractivity contribution in [3.8, 4) is 0 Å². The van der Waals surface area contributed by atoms with Crippen molar-refractivity contribution in [2.75, 3.05) is 7.05 Å². The van der Waals surface area contributed by atoms with E-state index in [2.05, 4.69) is 5.32 Å². The molecule has 5 N–H and O–H groups in total. The van der Waals surface area contributed by atoms with Crippen LogP contribution >= 0.6 is 0 Å². The van der Waals surface area contributed by atoms with Gasteiger partial charge >= 0.3 is 11.9 Å². The first-order valence-electron chi connectivity index (χ1n) is 4.63. The number of rotatable bonds is 6. The highest BCUT2D eigenvalue weighted by molar-refractivity contribution is 5.81. The first-order valence-corrected chi connectivity index (χ1v) is 4.63. The number of amides is 1. The minimum absolute atomic E-state index is 0.247. The molecule has 92 valence electrons. The molecule has 1 amide bonds. The number of carbonyl (C=O) groups excluding carboxylic acids is 1. The van der Waals surface area contributed by atoms with Crippen LogP contribution in [0.3, 0.4) is 0 Å². The Bertz CT molecular complexity index is 304. The molecule has 0 spiro atoms. The maximum atomic E-state index is 11.2. The molecule has 7 heteroatoms. The molecule has 2 atom stereocenters. The lowest BCUT2D eigenvalue weighted by atomic mass is 9.76. The molecule has 0 aromatic rings. The van der Waals surface area contributed by atoms with E-state index < -0.39 is 35.7 Å². The zero-order chi connectivity index (χ0) is 12.9. The van der Waals surface area contributed by atoms with Crippen molar-refractivity contribution in [2.45, 2.75) is 25.8 Å². The second-order valence-electron chi connectivity index (χ2n) is 3.89. The van der Waals surface area contributed by atoms with Crippen molar-refractivity contribution in [1.82, 2.24) is 5.32 Å².